The van der Waals surface area contributed by atoms with Crippen LogP contribution in [0, 0.1) is 0 Å². The number of ketones is 1. The maximum atomic E-state index is 12.6. The van der Waals surface area contributed by atoms with E-state index in [2.05, 4.69) is 5.32 Å². The molecule has 124 valence electrons. The van der Waals surface area contributed by atoms with Gasteiger partial charge in [-0.2, -0.15) is 0 Å². The molecule has 4 rings (SSSR count). The van der Waals surface area contributed by atoms with Gasteiger partial charge in [0.2, 0.25) is 0 Å². The SMILES string of the molecule is O=C1CC2(CCNCC2)Oc2ccc(N3CCS(=O)(=O)C3)cc21. The van der Waals surface area contributed by atoms with Crippen LogP contribution in [0.25, 0.3) is 0 Å². The average Bonchev–Trinajstić information content (AvgIpc) is 2.88. The molecular weight excluding hydrogens is 316 g/mol. The third kappa shape index (κ3) is 2.72. The topological polar surface area (TPSA) is 75.7 Å². The maximum absolute atomic E-state index is 12.6. The second-order valence-corrected chi connectivity index (χ2v) is 8.81. The first-order valence-corrected chi connectivity index (χ1v) is 9.81. The fourth-order valence-electron chi connectivity index (χ4n) is 3.66. The Kier molecular flexibility index (Phi) is 3.39. The Labute approximate surface area is 135 Å². The Morgan fingerprint density at radius 2 is 2.00 bits per heavy atom. The Balaban J connectivity index is 1.63. The summed E-state index contributed by atoms with van der Waals surface area (Å²) in [5.41, 5.74) is 0.993. The minimum absolute atomic E-state index is 0.0242. The third-order valence-electron chi connectivity index (χ3n) is 4.98. The molecule has 23 heavy (non-hydrogen) atoms. The molecule has 2 saturated heterocycles. The first-order chi connectivity index (χ1) is 11.0. The van der Waals surface area contributed by atoms with E-state index in [1.165, 1.54) is 0 Å². The van der Waals surface area contributed by atoms with E-state index in [-0.39, 0.29) is 23.0 Å². The molecule has 0 saturated carbocycles. The number of carbonyl (C=O) groups is 1. The van der Waals surface area contributed by atoms with Crippen molar-refractivity contribution in [1.82, 2.24) is 5.32 Å². The van der Waals surface area contributed by atoms with Crippen LogP contribution < -0.4 is 15.0 Å². The van der Waals surface area contributed by atoms with Gasteiger partial charge in [0.1, 0.15) is 17.2 Å². The smallest absolute Gasteiger partial charge is 0.170 e. The molecule has 2 fully saturated rings. The van der Waals surface area contributed by atoms with Crippen LogP contribution in [0.15, 0.2) is 18.2 Å². The predicted octanol–water partition coefficient (Wildman–Crippen LogP) is 0.966. The number of hydrogen-bond donors (Lipinski definition) is 1. The van der Waals surface area contributed by atoms with E-state index in [4.69, 9.17) is 4.74 Å². The first kappa shape index (κ1) is 15.0. The van der Waals surface area contributed by atoms with Gasteiger partial charge in [-0.3, -0.25) is 4.79 Å². The molecule has 1 spiro atoms. The number of ether oxygens (including phenoxy) is 1. The first-order valence-electron chi connectivity index (χ1n) is 7.99. The van der Waals surface area contributed by atoms with Crippen LogP contribution in [0.3, 0.4) is 0 Å². The molecule has 1 aromatic carbocycles. The highest BCUT2D eigenvalue weighted by Crippen LogP contribution is 2.39. The van der Waals surface area contributed by atoms with E-state index in [1.54, 1.807) is 11.0 Å². The molecule has 3 heterocycles. The molecule has 7 heteroatoms. The predicted molar refractivity (Wildman–Crippen MR) is 86.9 cm³/mol. The summed E-state index contributed by atoms with van der Waals surface area (Å²) in [5.74, 6) is 0.923. The summed E-state index contributed by atoms with van der Waals surface area (Å²) in [6, 6.07) is 5.45. The minimum Gasteiger partial charge on any atom is -0.486 e. The molecule has 0 bridgehead atoms. The van der Waals surface area contributed by atoms with Gasteiger partial charge in [-0.1, -0.05) is 0 Å². The van der Waals surface area contributed by atoms with E-state index >= 15 is 0 Å². The van der Waals surface area contributed by atoms with Gasteiger partial charge in [0.15, 0.2) is 15.6 Å². The van der Waals surface area contributed by atoms with Gasteiger partial charge in [0, 0.05) is 25.1 Å². The number of nitrogens with zero attached hydrogens (tertiary/aromatic N) is 1. The van der Waals surface area contributed by atoms with Gasteiger partial charge in [0.25, 0.3) is 0 Å². The Morgan fingerprint density at radius 3 is 2.70 bits per heavy atom. The zero-order valence-electron chi connectivity index (χ0n) is 12.9. The van der Waals surface area contributed by atoms with Crippen molar-refractivity contribution in [2.24, 2.45) is 0 Å². The fraction of sp³-hybridized carbons (Fsp3) is 0.562. The van der Waals surface area contributed by atoms with Crippen molar-refractivity contribution < 1.29 is 17.9 Å². The number of sulfone groups is 1. The minimum atomic E-state index is -3.00. The molecular formula is C16H20N2O4S. The molecule has 0 amide bonds. The number of nitrogens with one attached hydrogen (secondary N) is 1. The lowest BCUT2D eigenvalue weighted by atomic mass is 9.83. The molecule has 0 unspecified atom stereocenters. The normalized spacial score (nSPS) is 25.2. The van der Waals surface area contributed by atoms with E-state index in [0.717, 1.165) is 31.6 Å². The summed E-state index contributed by atoms with van der Waals surface area (Å²) >= 11 is 0. The zero-order valence-corrected chi connectivity index (χ0v) is 13.7. The van der Waals surface area contributed by atoms with Gasteiger partial charge < -0.3 is 15.0 Å². The van der Waals surface area contributed by atoms with Crippen molar-refractivity contribution in [2.75, 3.05) is 36.2 Å². The van der Waals surface area contributed by atoms with Crippen LogP contribution in [-0.4, -0.2) is 51.1 Å². The number of fused-ring (bicyclic) bond motifs is 1. The van der Waals surface area contributed by atoms with Crippen molar-refractivity contribution in [3.63, 3.8) is 0 Å². The number of Topliss-reactive ketones (excluding diaryl/α,β-unsaturated/α-hetero) is 1. The quantitative estimate of drug-likeness (QED) is 0.823. The lowest BCUT2D eigenvalue weighted by molar-refractivity contribution is 0.0187. The summed E-state index contributed by atoms with van der Waals surface area (Å²) < 4.78 is 29.5. The number of carbonyl (C=O) groups excluding carboxylic acids is 1. The summed E-state index contributed by atoms with van der Waals surface area (Å²) in [4.78, 5) is 14.4. The lowest BCUT2D eigenvalue weighted by Gasteiger charge is -2.41. The van der Waals surface area contributed by atoms with Crippen LogP contribution in [0.4, 0.5) is 5.69 Å². The molecule has 0 aliphatic carbocycles. The van der Waals surface area contributed by atoms with Crippen molar-refractivity contribution in [3.8, 4) is 5.75 Å². The molecule has 0 radical (unpaired) electrons. The third-order valence-corrected chi connectivity index (χ3v) is 6.49. The largest absolute Gasteiger partial charge is 0.486 e. The molecule has 1 aromatic rings. The number of piperidine rings is 1. The van der Waals surface area contributed by atoms with E-state index in [1.807, 2.05) is 12.1 Å². The molecule has 6 nitrogen and oxygen atoms in total. The second-order valence-electron chi connectivity index (χ2n) is 6.66. The standard InChI is InChI=1S/C16H20N2O4S/c19-14-10-16(3-5-17-6-4-16)22-15-2-1-12(9-13(14)15)18-7-8-23(20,21)11-18/h1-2,9,17H,3-8,10-11H2. The van der Waals surface area contributed by atoms with Crippen molar-refractivity contribution >= 4 is 21.3 Å². The number of anilines is 1. The summed E-state index contributed by atoms with van der Waals surface area (Å²) in [5, 5.41) is 3.29. The van der Waals surface area contributed by atoms with Crippen molar-refractivity contribution in [2.45, 2.75) is 24.9 Å². The zero-order chi connectivity index (χ0) is 16.1. The van der Waals surface area contributed by atoms with Gasteiger partial charge in [-0.15, -0.1) is 0 Å². The van der Waals surface area contributed by atoms with Gasteiger partial charge >= 0.3 is 0 Å². The van der Waals surface area contributed by atoms with Crippen molar-refractivity contribution in [1.29, 1.82) is 0 Å². The number of benzene rings is 1. The van der Waals surface area contributed by atoms with Gasteiger partial charge in [0.05, 0.1) is 17.7 Å². The van der Waals surface area contributed by atoms with Gasteiger partial charge in [-0.25, -0.2) is 8.42 Å². The van der Waals surface area contributed by atoms with Crippen LogP contribution in [0.5, 0.6) is 5.75 Å². The number of hydrogen-bond acceptors (Lipinski definition) is 6. The Morgan fingerprint density at radius 1 is 1.22 bits per heavy atom. The Hall–Kier alpha value is -1.60. The second kappa shape index (κ2) is 5.21. The van der Waals surface area contributed by atoms with E-state index < -0.39 is 9.84 Å². The highest BCUT2D eigenvalue weighted by atomic mass is 32.2. The molecule has 3 aliphatic rings. The van der Waals surface area contributed by atoms with Crippen molar-refractivity contribution in [3.05, 3.63) is 23.8 Å². The lowest BCUT2D eigenvalue weighted by Crippen LogP contribution is -2.49. The maximum Gasteiger partial charge on any atom is 0.170 e. The fourth-order valence-corrected chi connectivity index (χ4v) is 5.04. The summed E-state index contributed by atoms with van der Waals surface area (Å²) in [7, 11) is -3.00. The molecule has 0 aromatic heterocycles. The molecule has 0 atom stereocenters. The van der Waals surface area contributed by atoms with Crippen LogP contribution in [-0.2, 0) is 9.84 Å². The van der Waals surface area contributed by atoms with E-state index in [9.17, 15) is 13.2 Å². The van der Waals surface area contributed by atoms with E-state index in [0.29, 0.717) is 24.3 Å². The van der Waals surface area contributed by atoms with Crippen LogP contribution >= 0.6 is 0 Å². The van der Waals surface area contributed by atoms with Gasteiger partial charge in [-0.05, 0) is 31.3 Å². The highest BCUT2D eigenvalue weighted by Gasteiger charge is 2.41. The molecule has 1 N–H and O–H groups in total. The summed E-state index contributed by atoms with van der Waals surface area (Å²) in [6.45, 7) is 2.21. The van der Waals surface area contributed by atoms with Crippen LogP contribution in [0.1, 0.15) is 29.6 Å². The average molecular weight is 336 g/mol. The van der Waals surface area contributed by atoms with Crippen LogP contribution in [0.2, 0.25) is 0 Å². The molecule has 3 aliphatic heterocycles. The highest BCUT2D eigenvalue weighted by molar-refractivity contribution is 7.91. The summed E-state index contributed by atoms with van der Waals surface area (Å²) in [6.07, 6.45) is 2.08. The Bertz CT molecular complexity index is 753. The monoisotopic (exact) mass is 336 g/mol. The number of rotatable bonds is 1.